The van der Waals surface area contributed by atoms with Crippen molar-refractivity contribution in [1.82, 2.24) is 24.0 Å². The number of ether oxygens (including phenoxy) is 1. The molecular formula is C19H25N5O4S. The van der Waals surface area contributed by atoms with Crippen LogP contribution in [0, 0.1) is 0 Å². The molecule has 0 saturated carbocycles. The van der Waals surface area contributed by atoms with Crippen LogP contribution in [0.1, 0.15) is 37.5 Å². The molecule has 3 heterocycles. The Labute approximate surface area is 170 Å². The summed E-state index contributed by atoms with van der Waals surface area (Å²) in [5.41, 5.74) is 0. The molecule has 4 rings (SSSR count). The number of benzene rings is 1. The molecule has 0 bridgehead atoms. The van der Waals surface area contributed by atoms with Crippen LogP contribution < -0.4 is 4.74 Å². The fourth-order valence-corrected chi connectivity index (χ4v) is 5.73. The van der Waals surface area contributed by atoms with Gasteiger partial charge in [-0.2, -0.15) is 4.31 Å². The highest BCUT2D eigenvalue weighted by atomic mass is 32.2. The fraction of sp³-hybridized carbons (Fsp3) is 0.526. The van der Waals surface area contributed by atoms with Crippen molar-refractivity contribution in [3.63, 3.8) is 0 Å². The zero-order valence-electron chi connectivity index (χ0n) is 16.6. The summed E-state index contributed by atoms with van der Waals surface area (Å²) in [6.07, 6.45) is 2.08. The summed E-state index contributed by atoms with van der Waals surface area (Å²) in [5.74, 6) is 2.12. The van der Waals surface area contributed by atoms with E-state index in [9.17, 15) is 13.2 Å². The van der Waals surface area contributed by atoms with Gasteiger partial charge in [-0.25, -0.2) is 8.42 Å². The largest absolute Gasteiger partial charge is 0.497 e. The number of nitrogens with zero attached hydrogens (tertiary/aromatic N) is 5. The van der Waals surface area contributed by atoms with Gasteiger partial charge in [-0.1, -0.05) is 0 Å². The molecule has 10 heteroatoms. The van der Waals surface area contributed by atoms with E-state index in [0.29, 0.717) is 50.6 Å². The number of carbonyl (C=O) groups excluding carboxylic acids is 1. The highest BCUT2D eigenvalue weighted by molar-refractivity contribution is 7.89. The molecule has 1 fully saturated rings. The van der Waals surface area contributed by atoms with Crippen molar-refractivity contribution in [3.05, 3.63) is 35.9 Å². The van der Waals surface area contributed by atoms with Crippen LogP contribution in [-0.2, 0) is 27.8 Å². The molecule has 1 saturated heterocycles. The number of sulfonamides is 1. The Kier molecular flexibility index (Phi) is 5.30. The molecule has 2 aliphatic rings. The maximum absolute atomic E-state index is 13.3. The third-order valence-electron chi connectivity index (χ3n) is 5.67. The van der Waals surface area contributed by atoms with Crippen LogP contribution in [0.3, 0.4) is 0 Å². The molecule has 1 amide bonds. The molecule has 1 aromatic heterocycles. The molecule has 0 radical (unpaired) electrons. The Balaban J connectivity index is 1.63. The van der Waals surface area contributed by atoms with Crippen LogP contribution in [0.4, 0.5) is 0 Å². The van der Waals surface area contributed by atoms with Gasteiger partial charge in [-0.15, -0.1) is 10.2 Å². The predicted octanol–water partition coefficient (Wildman–Crippen LogP) is 1.22. The van der Waals surface area contributed by atoms with Crippen LogP contribution in [-0.4, -0.2) is 65.0 Å². The van der Waals surface area contributed by atoms with Crippen LogP contribution >= 0.6 is 0 Å². The van der Waals surface area contributed by atoms with Crippen LogP contribution in [0.15, 0.2) is 29.2 Å². The SMILES string of the molecule is COc1ccc(S(=O)(=O)N2CCC[C@H]2c2nnc3n2CCN(C(C)=O)CC3)cc1. The lowest BCUT2D eigenvalue weighted by Gasteiger charge is -2.24. The molecule has 0 spiro atoms. The highest BCUT2D eigenvalue weighted by Crippen LogP contribution is 2.36. The first-order valence-electron chi connectivity index (χ1n) is 9.75. The zero-order valence-corrected chi connectivity index (χ0v) is 17.4. The van der Waals surface area contributed by atoms with E-state index < -0.39 is 10.0 Å². The normalized spacial score (nSPS) is 20.3. The molecule has 156 valence electrons. The number of carbonyl (C=O) groups is 1. The van der Waals surface area contributed by atoms with Gasteiger partial charge >= 0.3 is 0 Å². The van der Waals surface area contributed by atoms with Crippen molar-refractivity contribution in [2.24, 2.45) is 0 Å². The van der Waals surface area contributed by atoms with Gasteiger partial charge in [0.1, 0.15) is 11.6 Å². The summed E-state index contributed by atoms with van der Waals surface area (Å²) >= 11 is 0. The molecule has 2 aromatic rings. The molecule has 9 nitrogen and oxygen atoms in total. The van der Waals surface area contributed by atoms with E-state index in [1.165, 1.54) is 4.31 Å². The summed E-state index contributed by atoms with van der Waals surface area (Å²) in [6.45, 7) is 3.76. The quantitative estimate of drug-likeness (QED) is 0.739. The number of aromatic nitrogens is 3. The first-order valence-corrected chi connectivity index (χ1v) is 11.2. The van der Waals surface area contributed by atoms with Crippen molar-refractivity contribution >= 4 is 15.9 Å². The molecule has 2 aliphatic heterocycles. The highest BCUT2D eigenvalue weighted by Gasteiger charge is 2.39. The van der Waals surface area contributed by atoms with Gasteiger partial charge in [-0.3, -0.25) is 4.79 Å². The number of hydrogen-bond donors (Lipinski definition) is 0. The minimum absolute atomic E-state index is 0.0369. The summed E-state index contributed by atoms with van der Waals surface area (Å²) in [5, 5.41) is 8.66. The van der Waals surface area contributed by atoms with Gasteiger partial charge in [-0.05, 0) is 37.1 Å². The Hall–Kier alpha value is -2.46. The molecule has 0 aliphatic carbocycles. The van der Waals surface area contributed by atoms with E-state index in [4.69, 9.17) is 4.74 Å². The van der Waals surface area contributed by atoms with Crippen LogP contribution in [0.5, 0.6) is 5.75 Å². The Morgan fingerprint density at radius 2 is 1.86 bits per heavy atom. The van der Waals surface area contributed by atoms with Gasteiger partial charge in [0.05, 0.1) is 18.0 Å². The average molecular weight is 420 g/mol. The van der Waals surface area contributed by atoms with Gasteiger partial charge in [0.2, 0.25) is 15.9 Å². The van der Waals surface area contributed by atoms with Crippen molar-refractivity contribution in [2.45, 2.75) is 43.7 Å². The number of hydrogen-bond acceptors (Lipinski definition) is 6. The molecule has 1 aromatic carbocycles. The van der Waals surface area contributed by atoms with E-state index >= 15 is 0 Å². The Morgan fingerprint density at radius 1 is 1.10 bits per heavy atom. The fourth-order valence-electron chi connectivity index (χ4n) is 4.08. The lowest BCUT2D eigenvalue weighted by atomic mass is 10.2. The standard InChI is InChI=1S/C19H25N5O4S/c1-14(25)22-11-9-18-20-21-19(23(18)13-12-22)17-4-3-10-24(17)29(26,27)16-7-5-15(28-2)6-8-16/h5-8,17H,3-4,9-13H2,1-2H3/t17-/m0/s1. The summed E-state index contributed by atoms with van der Waals surface area (Å²) in [7, 11) is -2.12. The van der Waals surface area contributed by atoms with Crippen LogP contribution in [0.2, 0.25) is 0 Å². The van der Waals surface area contributed by atoms with Crippen molar-refractivity contribution in [3.8, 4) is 5.75 Å². The third-order valence-corrected chi connectivity index (χ3v) is 7.59. The number of rotatable bonds is 4. The minimum Gasteiger partial charge on any atom is -0.497 e. The Bertz CT molecular complexity index is 1000. The van der Waals surface area contributed by atoms with E-state index in [2.05, 4.69) is 10.2 Å². The minimum atomic E-state index is -3.67. The van der Waals surface area contributed by atoms with Gasteiger partial charge in [0.25, 0.3) is 0 Å². The van der Waals surface area contributed by atoms with Crippen molar-refractivity contribution in [1.29, 1.82) is 0 Å². The molecule has 0 unspecified atom stereocenters. The summed E-state index contributed by atoms with van der Waals surface area (Å²) in [4.78, 5) is 13.8. The van der Waals surface area contributed by atoms with E-state index in [0.717, 1.165) is 12.2 Å². The van der Waals surface area contributed by atoms with Gasteiger partial charge in [0.15, 0.2) is 5.82 Å². The molecule has 29 heavy (non-hydrogen) atoms. The topological polar surface area (TPSA) is 97.6 Å². The van der Waals surface area contributed by atoms with E-state index in [1.54, 1.807) is 43.2 Å². The first kappa shape index (κ1) is 19.8. The molecule has 1 atom stereocenters. The average Bonchev–Trinajstić information content (AvgIpc) is 3.30. The van der Waals surface area contributed by atoms with Crippen molar-refractivity contribution in [2.75, 3.05) is 26.7 Å². The predicted molar refractivity (Wildman–Crippen MR) is 105 cm³/mol. The number of methoxy groups -OCH3 is 1. The monoisotopic (exact) mass is 419 g/mol. The summed E-state index contributed by atoms with van der Waals surface area (Å²) < 4.78 is 35.2. The first-order chi connectivity index (χ1) is 13.9. The molecular weight excluding hydrogens is 394 g/mol. The lowest BCUT2D eigenvalue weighted by Crippen LogP contribution is -2.33. The third kappa shape index (κ3) is 3.62. The Morgan fingerprint density at radius 3 is 2.55 bits per heavy atom. The van der Waals surface area contributed by atoms with Gasteiger partial charge in [0, 0.05) is 39.5 Å². The lowest BCUT2D eigenvalue weighted by molar-refractivity contribution is -0.128. The van der Waals surface area contributed by atoms with Gasteiger partial charge < -0.3 is 14.2 Å². The molecule has 0 N–H and O–H groups in total. The number of fused-ring (bicyclic) bond motifs is 1. The second-order valence-electron chi connectivity index (χ2n) is 7.33. The zero-order chi connectivity index (χ0) is 20.6. The smallest absolute Gasteiger partial charge is 0.243 e. The second-order valence-corrected chi connectivity index (χ2v) is 9.22. The maximum Gasteiger partial charge on any atom is 0.243 e. The maximum atomic E-state index is 13.3. The van der Waals surface area contributed by atoms with Crippen molar-refractivity contribution < 1.29 is 17.9 Å². The summed E-state index contributed by atoms with van der Waals surface area (Å²) in [6, 6.07) is 6.08. The second kappa shape index (κ2) is 7.75. The number of amides is 1. The van der Waals surface area contributed by atoms with Crippen LogP contribution in [0.25, 0.3) is 0 Å². The van der Waals surface area contributed by atoms with E-state index in [1.807, 2.05) is 4.57 Å². The van der Waals surface area contributed by atoms with E-state index in [-0.39, 0.29) is 16.8 Å².